The van der Waals surface area contributed by atoms with E-state index in [1.807, 2.05) is 37.3 Å². The lowest BCUT2D eigenvalue weighted by Gasteiger charge is -2.60. The smallest absolute Gasteiger partial charge is 0.205 e. The Labute approximate surface area is 154 Å². The Kier molecular flexibility index (Phi) is 3.87. The van der Waals surface area contributed by atoms with Gasteiger partial charge in [-0.1, -0.05) is 32.0 Å². The van der Waals surface area contributed by atoms with Crippen LogP contribution in [0.2, 0.25) is 0 Å². The SMILES string of the molecule is C[C@H]1[C@H](Oc2ccccc2)O[C@@H]2O[C@@]3(C)CC[C@H]4[C@H](C)CC[C@@H]1[C@@]24OO3. The van der Waals surface area contributed by atoms with E-state index in [1.54, 1.807) is 0 Å². The van der Waals surface area contributed by atoms with Crippen molar-refractivity contribution in [2.75, 3.05) is 0 Å². The molecule has 1 spiro atoms. The highest BCUT2D eigenvalue weighted by atomic mass is 17.3. The van der Waals surface area contributed by atoms with Crippen molar-refractivity contribution in [3.8, 4) is 5.75 Å². The lowest BCUT2D eigenvalue weighted by Crippen LogP contribution is -2.70. The van der Waals surface area contributed by atoms with Crippen LogP contribution in [0.5, 0.6) is 5.75 Å². The summed E-state index contributed by atoms with van der Waals surface area (Å²) >= 11 is 0. The maximum Gasteiger partial charge on any atom is 0.205 e. The van der Waals surface area contributed by atoms with Gasteiger partial charge in [0, 0.05) is 18.3 Å². The van der Waals surface area contributed by atoms with Crippen LogP contribution in [-0.2, 0) is 19.2 Å². The number of ether oxygens (including phenoxy) is 3. The topological polar surface area (TPSA) is 46.2 Å². The molecule has 4 heterocycles. The number of hydrogen-bond acceptors (Lipinski definition) is 5. The standard InChI is InChI=1S/C21H28O5/c1-13-9-10-17-14(2)18(22-15-7-5-4-6-8-15)23-19-21(17)16(13)11-12-20(3,24-19)25-26-21/h4-8,13-14,16-19H,9-12H2,1-3H3/t13-,14-,16+,17+,18-,19-,20-,21-/m1/s1. The molecule has 0 aromatic heterocycles. The van der Waals surface area contributed by atoms with Crippen LogP contribution in [0.1, 0.15) is 46.5 Å². The molecule has 4 aliphatic heterocycles. The molecule has 4 saturated heterocycles. The van der Waals surface area contributed by atoms with Gasteiger partial charge >= 0.3 is 0 Å². The third-order valence-electron chi connectivity index (χ3n) is 7.09. The molecule has 0 N–H and O–H groups in total. The van der Waals surface area contributed by atoms with Crippen LogP contribution in [0.3, 0.4) is 0 Å². The fourth-order valence-electron chi connectivity index (χ4n) is 5.64. The van der Waals surface area contributed by atoms with E-state index in [9.17, 15) is 0 Å². The molecule has 6 rings (SSSR count). The molecule has 5 aliphatic rings. The molecule has 1 saturated carbocycles. The summed E-state index contributed by atoms with van der Waals surface area (Å²) in [7, 11) is 0. The van der Waals surface area contributed by atoms with Gasteiger partial charge < -0.3 is 14.2 Å². The predicted molar refractivity (Wildman–Crippen MR) is 93.9 cm³/mol. The van der Waals surface area contributed by atoms with Crippen molar-refractivity contribution in [2.24, 2.45) is 23.7 Å². The lowest BCUT2D eigenvalue weighted by atomic mass is 9.58. The van der Waals surface area contributed by atoms with Gasteiger partial charge in [0.05, 0.1) is 0 Å². The van der Waals surface area contributed by atoms with Crippen molar-refractivity contribution >= 4 is 0 Å². The minimum absolute atomic E-state index is 0.191. The summed E-state index contributed by atoms with van der Waals surface area (Å²) < 4.78 is 19.0. The molecule has 26 heavy (non-hydrogen) atoms. The quantitative estimate of drug-likeness (QED) is 0.737. The number of fused-ring (bicyclic) bond motifs is 2. The van der Waals surface area contributed by atoms with Gasteiger partial charge in [0.1, 0.15) is 5.75 Å². The van der Waals surface area contributed by atoms with Gasteiger partial charge in [0.25, 0.3) is 0 Å². The zero-order valence-electron chi connectivity index (χ0n) is 15.7. The first-order valence-electron chi connectivity index (χ1n) is 9.94. The number of hydrogen-bond donors (Lipinski definition) is 0. The number of benzene rings is 1. The van der Waals surface area contributed by atoms with Crippen LogP contribution < -0.4 is 4.74 Å². The Bertz CT molecular complexity index is 666. The van der Waals surface area contributed by atoms with E-state index in [1.165, 1.54) is 6.42 Å². The summed E-state index contributed by atoms with van der Waals surface area (Å²) in [5.74, 6) is 1.52. The average Bonchev–Trinajstić information content (AvgIpc) is 2.86. The monoisotopic (exact) mass is 360 g/mol. The molecular formula is C21H28O5. The molecule has 5 nitrogen and oxygen atoms in total. The predicted octanol–water partition coefficient (Wildman–Crippen LogP) is 4.27. The second-order valence-corrected chi connectivity index (χ2v) is 8.70. The average molecular weight is 360 g/mol. The molecular weight excluding hydrogens is 332 g/mol. The fraction of sp³-hybridized carbons (Fsp3) is 0.714. The fourth-order valence-corrected chi connectivity index (χ4v) is 5.64. The molecule has 5 heteroatoms. The molecule has 1 aromatic rings. The van der Waals surface area contributed by atoms with Gasteiger partial charge in [-0.25, -0.2) is 9.78 Å². The summed E-state index contributed by atoms with van der Waals surface area (Å²) in [6.45, 7) is 6.48. The van der Waals surface area contributed by atoms with Crippen molar-refractivity contribution in [1.29, 1.82) is 0 Å². The van der Waals surface area contributed by atoms with Gasteiger partial charge in [-0.2, -0.15) is 0 Å². The zero-order valence-corrected chi connectivity index (χ0v) is 15.7. The van der Waals surface area contributed by atoms with Crippen molar-refractivity contribution in [3.05, 3.63) is 30.3 Å². The van der Waals surface area contributed by atoms with E-state index >= 15 is 0 Å². The largest absolute Gasteiger partial charge is 0.465 e. The highest BCUT2D eigenvalue weighted by Gasteiger charge is 2.69. The van der Waals surface area contributed by atoms with Crippen molar-refractivity contribution in [3.63, 3.8) is 0 Å². The molecule has 0 unspecified atom stereocenters. The molecule has 0 amide bonds. The van der Waals surface area contributed by atoms with Crippen LogP contribution >= 0.6 is 0 Å². The number of rotatable bonds is 2. The molecule has 8 atom stereocenters. The first kappa shape index (κ1) is 17.0. The van der Waals surface area contributed by atoms with Crippen molar-refractivity contribution in [2.45, 2.75) is 70.4 Å². The summed E-state index contributed by atoms with van der Waals surface area (Å²) in [5, 5.41) is 0. The molecule has 0 radical (unpaired) electrons. The zero-order chi connectivity index (χ0) is 17.9. The first-order valence-corrected chi connectivity index (χ1v) is 9.94. The summed E-state index contributed by atoms with van der Waals surface area (Å²) in [5.41, 5.74) is -0.524. The number of para-hydroxylation sites is 1. The van der Waals surface area contributed by atoms with E-state index in [2.05, 4.69) is 13.8 Å². The maximum atomic E-state index is 6.41. The molecule has 5 fully saturated rings. The van der Waals surface area contributed by atoms with Crippen LogP contribution in [0, 0.1) is 23.7 Å². The molecule has 1 aliphatic carbocycles. The van der Waals surface area contributed by atoms with Crippen molar-refractivity contribution < 1.29 is 24.0 Å². The Balaban J connectivity index is 1.50. The van der Waals surface area contributed by atoms with Gasteiger partial charge in [0.15, 0.2) is 11.9 Å². The van der Waals surface area contributed by atoms with E-state index in [-0.39, 0.29) is 12.2 Å². The molecule has 2 bridgehead atoms. The second-order valence-electron chi connectivity index (χ2n) is 8.70. The minimum Gasteiger partial charge on any atom is -0.465 e. The second kappa shape index (κ2) is 5.93. The van der Waals surface area contributed by atoms with E-state index < -0.39 is 17.7 Å². The van der Waals surface area contributed by atoms with Crippen LogP contribution in [0.15, 0.2) is 30.3 Å². The van der Waals surface area contributed by atoms with Crippen LogP contribution in [0.25, 0.3) is 0 Å². The van der Waals surface area contributed by atoms with Gasteiger partial charge in [0.2, 0.25) is 12.1 Å². The Morgan fingerprint density at radius 3 is 2.62 bits per heavy atom. The van der Waals surface area contributed by atoms with Crippen LogP contribution in [-0.4, -0.2) is 24.0 Å². The summed E-state index contributed by atoms with van der Waals surface area (Å²) in [6, 6.07) is 9.87. The van der Waals surface area contributed by atoms with Gasteiger partial charge in [-0.05, 0) is 50.2 Å². The Morgan fingerprint density at radius 2 is 1.81 bits per heavy atom. The highest BCUT2D eigenvalue weighted by Crippen LogP contribution is 2.60. The third kappa shape index (κ3) is 2.37. The lowest BCUT2D eigenvalue weighted by molar-refractivity contribution is -0.575. The van der Waals surface area contributed by atoms with E-state index in [0.29, 0.717) is 17.8 Å². The first-order chi connectivity index (χ1) is 12.5. The van der Waals surface area contributed by atoms with Crippen molar-refractivity contribution in [1.82, 2.24) is 0 Å². The summed E-state index contributed by atoms with van der Waals surface area (Å²) in [4.78, 5) is 12.0. The maximum absolute atomic E-state index is 6.41. The normalized spacial score (nSPS) is 50.0. The molecule has 1 aromatic carbocycles. The molecule has 142 valence electrons. The highest BCUT2D eigenvalue weighted by molar-refractivity contribution is 5.21. The third-order valence-corrected chi connectivity index (χ3v) is 7.09. The van der Waals surface area contributed by atoms with Crippen LogP contribution in [0.4, 0.5) is 0 Å². The van der Waals surface area contributed by atoms with Gasteiger partial charge in [-0.15, -0.1) is 0 Å². The van der Waals surface area contributed by atoms with E-state index in [4.69, 9.17) is 24.0 Å². The summed E-state index contributed by atoms with van der Waals surface area (Å²) in [6.07, 6.45) is 3.35. The van der Waals surface area contributed by atoms with Gasteiger partial charge in [-0.3, -0.25) is 0 Å². The van der Waals surface area contributed by atoms with E-state index in [0.717, 1.165) is 25.0 Å². The Morgan fingerprint density at radius 1 is 1.00 bits per heavy atom. The minimum atomic E-state index is -0.741. The Hall–Kier alpha value is -1.14.